The molecule has 0 aromatic carbocycles. The predicted molar refractivity (Wildman–Crippen MR) is 72.0 cm³/mol. The molecule has 2 heterocycles. The van der Waals surface area contributed by atoms with Crippen LogP contribution in [0.4, 0.5) is 0 Å². The first kappa shape index (κ1) is 14.1. The molecule has 1 saturated heterocycles. The molecule has 1 aromatic heterocycles. The zero-order valence-electron chi connectivity index (χ0n) is 11.6. The minimum absolute atomic E-state index is 0.307. The van der Waals surface area contributed by atoms with Gasteiger partial charge in [-0.15, -0.1) is 0 Å². The van der Waals surface area contributed by atoms with E-state index in [1.54, 1.807) is 19.3 Å². The third-order valence-corrected chi connectivity index (χ3v) is 3.35. The quantitative estimate of drug-likeness (QED) is 0.793. The van der Waals surface area contributed by atoms with Crippen LogP contribution in [0.3, 0.4) is 0 Å². The predicted octanol–water partition coefficient (Wildman–Crippen LogP) is 1.64. The highest BCUT2D eigenvalue weighted by molar-refractivity contribution is 5.90. The van der Waals surface area contributed by atoms with Crippen LogP contribution in [-0.4, -0.2) is 43.7 Å². The van der Waals surface area contributed by atoms with E-state index in [1.165, 1.54) is 12.8 Å². The third kappa shape index (κ3) is 3.81. The van der Waals surface area contributed by atoms with E-state index in [0.29, 0.717) is 30.5 Å². The van der Waals surface area contributed by atoms with E-state index in [9.17, 15) is 4.79 Å². The van der Waals surface area contributed by atoms with Crippen molar-refractivity contribution in [3.63, 3.8) is 0 Å². The van der Waals surface area contributed by atoms with Crippen molar-refractivity contribution in [1.82, 2.24) is 10.2 Å². The number of hydrogen-bond donors (Lipinski definition) is 1. The number of nitrogens with zero attached hydrogens (tertiary/aromatic N) is 1. The Kier molecular flexibility index (Phi) is 4.99. The minimum Gasteiger partial charge on any atom is -0.467 e. The molecule has 1 aliphatic heterocycles. The SMILES string of the molecule is CCOC(=O)c1ccoc1CN(C)CC1CCCN1. The van der Waals surface area contributed by atoms with Crippen molar-refractivity contribution >= 4 is 5.97 Å². The fourth-order valence-electron chi connectivity index (χ4n) is 2.45. The van der Waals surface area contributed by atoms with E-state index in [4.69, 9.17) is 9.15 Å². The summed E-state index contributed by atoms with van der Waals surface area (Å²) in [6, 6.07) is 2.22. The number of likely N-dealkylation sites (N-methyl/N-ethyl adjacent to an activating group) is 1. The van der Waals surface area contributed by atoms with Gasteiger partial charge in [0.05, 0.1) is 19.4 Å². The van der Waals surface area contributed by atoms with Crippen LogP contribution in [0.5, 0.6) is 0 Å². The zero-order valence-corrected chi connectivity index (χ0v) is 11.6. The molecule has 0 saturated carbocycles. The summed E-state index contributed by atoms with van der Waals surface area (Å²) in [5, 5.41) is 3.46. The molecule has 1 fully saturated rings. The van der Waals surface area contributed by atoms with E-state index in [1.807, 2.05) is 7.05 Å². The number of rotatable bonds is 6. The topological polar surface area (TPSA) is 54.7 Å². The van der Waals surface area contributed by atoms with E-state index in [0.717, 1.165) is 13.1 Å². The number of carbonyl (C=O) groups excluding carboxylic acids is 1. The molecule has 0 spiro atoms. The second kappa shape index (κ2) is 6.73. The first-order valence-electron chi connectivity index (χ1n) is 6.86. The van der Waals surface area contributed by atoms with E-state index >= 15 is 0 Å². The van der Waals surface area contributed by atoms with Crippen LogP contribution < -0.4 is 5.32 Å². The fourth-order valence-corrected chi connectivity index (χ4v) is 2.45. The van der Waals surface area contributed by atoms with Crippen molar-refractivity contribution in [2.24, 2.45) is 0 Å². The molecule has 1 atom stereocenters. The van der Waals surface area contributed by atoms with Crippen LogP contribution >= 0.6 is 0 Å². The van der Waals surface area contributed by atoms with Crippen molar-refractivity contribution in [1.29, 1.82) is 0 Å². The smallest absolute Gasteiger partial charge is 0.341 e. The van der Waals surface area contributed by atoms with Crippen molar-refractivity contribution in [3.8, 4) is 0 Å². The third-order valence-electron chi connectivity index (χ3n) is 3.35. The molecule has 5 nitrogen and oxygen atoms in total. The van der Waals surface area contributed by atoms with Gasteiger partial charge in [0, 0.05) is 12.6 Å². The van der Waals surface area contributed by atoms with Gasteiger partial charge in [-0.05, 0) is 39.4 Å². The summed E-state index contributed by atoms with van der Waals surface area (Å²) in [4.78, 5) is 13.9. The number of esters is 1. The standard InChI is InChI=1S/C14H22N2O3/c1-3-18-14(17)12-6-8-19-13(12)10-16(2)9-11-5-4-7-15-11/h6,8,11,15H,3-5,7,9-10H2,1-2H3. The number of nitrogens with one attached hydrogen (secondary N) is 1. The van der Waals surface area contributed by atoms with Crippen LogP contribution in [-0.2, 0) is 11.3 Å². The Labute approximate surface area is 113 Å². The molecule has 0 bridgehead atoms. The molecular weight excluding hydrogens is 244 g/mol. The average Bonchev–Trinajstić information content (AvgIpc) is 3.00. The van der Waals surface area contributed by atoms with Crippen LogP contribution in [0, 0.1) is 0 Å². The van der Waals surface area contributed by atoms with Gasteiger partial charge in [-0.2, -0.15) is 0 Å². The summed E-state index contributed by atoms with van der Waals surface area (Å²) >= 11 is 0. The maximum absolute atomic E-state index is 11.7. The van der Waals surface area contributed by atoms with Gasteiger partial charge in [-0.1, -0.05) is 0 Å². The number of ether oxygens (including phenoxy) is 1. The molecule has 2 rings (SSSR count). The molecule has 0 radical (unpaired) electrons. The summed E-state index contributed by atoms with van der Waals surface area (Å²) in [7, 11) is 2.04. The maximum atomic E-state index is 11.7. The maximum Gasteiger partial charge on any atom is 0.341 e. The molecule has 1 unspecified atom stereocenters. The Morgan fingerprint density at radius 3 is 3.16 bits per heavy atom. The van der Waals surface area contributed by atoms with Crippen molar-refractivity contribution in [2.75, 3.05) is 26.7 Å². The summed E-state index contributed by atoms with van der Waals surface area (Å²) in [5.41, 5.74) is 0.535. The summed E-state index contributed by atoms with van der Waals surface area (Å²) in [6.45, 7) is 4.87. The first-order valence-corrected chi connectivity index (χ1v) is 6.86. The molecule has 106 valence electrons. The Bertz CT molecular complexity index is 411. The van der Waals surface area contributed by atoms with Gasteiger partial charge in [-0.25, -0.2) is 4.79 Å². The lowest BCUT2D eigenvalue weighted by atomic mass is 10.2. The van der Waals surface area contributed by atoms with Crippen molar-refractivity contribution in [2.45, 2.75) is 32.4 Å². The lowest BCUT2D eigenvalue weighted by Gasteiger charge is -2.20. The fraction of sp³-hybridized carbons (Fsp3) is 0.643. The van der Waals surface area contributed by atoms with Gasteiger partial charge in [-0.3, -0.25) is 4.90 Å². The highest BCUT2D eigenvalue weighted by Gasteiger charge is 2.20. The monoisotopic (exact) mass is 266 g/mol. The van der Waals surface area contributed by atoms with Gasteiger partial charge in [0.15, 0.2) is 0 Å². The number of furan rings is 1. The number of hydrogen-bond acceptors (Lipinski definition) is 5. The van der Waals surface area contributed by atoms with Gasteiger partial charge < -0.3 is 14.5 Å². The van der Waals surface area contributed by atoms with Gasteiger partial charge in [0.2, 0.25) is 0 Å². The highest BCUT2D eigenvalue weighted by Crippen LogP contribution is 2.15. The van der Waals surface area contributed by atoms with Crippen LogP contribution in [0.15, 0.2) is 16.7 Å². The van der Waals surface area contributed by atoms with Crippen molar-refractivity contribution in [3.05, 3.63) is 23.7 Å². The van der Waals surface area contributed by atoms with E-state index < -0.39 is 0 Å². The molecular formula is C14H22N2O3. The van der Waals surface area contributed by atoms with Gasteiger partial charge in [0.1, 0.15) is 11.3 Å². The lowest BCUT2D eigenvalue weighted by molar-refractivity contribution is 0.0522. The minimum atomic E-state index is -0.307. The Morgan fingerprint density at radius 2 is 2.47 bits per heavy atom. The Morgan fingerprint density at radius 1 is 1.63 bits per heavy atom. The van der Waals surface area contributed by atoms with Crippen LogP contribution in [0.2, 0.25) is 0 Å². The van der Waals surface area contributed by atoms with Crippen LogP contribution in [0.1, 0.15) is 35.9 Å². The highest BCUT2D eigenvalue weighted by atomic mass is 16.5. The van der Waals surface area contributed by atoms with Crippen molar-refractivity contribution < 1.29 is 13.9 Å². The largest absolute Gasteiger partial charge is 0.467 e. The molecule has 19 heavy (non-hydrogen) atoms. The Balaban J connectivity index is 1.91. The number of carbonyl (C=O) groups is 1. The molecule has 1 N–H and O–H groups in total. The van der Waals surface area contributed by atoms with Crippen LogP contribution in [0.25, 0.3) is 0 Å². The zero-order chi connectivity index (χ0) is 13.7. The first-order chi connectivity index (χ1) is 9.20. The molecule has 5 heteroatoms. The van der Waals surface area contributed by atoms with E-state index in [2.05, 4.69) is 10.2 Å². The second-order valence-electron chi connectivity index (χ2n) is 4.97. The average molecular weight is 266 g/mol. The summed E-state index contributed by atoms with van der Waals surface area (Å²) in [5.74, 6) is 0.373. The summed E-state index contributed by atoms with van der Waals surface area (Å²) in [6.07, 6.45) is 4.00. The molecule has 0 aliphatic carbocycles. The summed E-state index contributed by atoms with van der Waals surface area (Å²) < 4.78 is 10.4. The molecule has 1 aromatic rings. The van der Waals surface area contributed by atoms with Gasteiger partial charge >= 0.3 is 5.97 Å². The molecule has 1 aliphatic rings. The van der Waals surface area contributed by atoms with Gasteiger partial charge in [0.25, 0.3) is 0 Å². The molecule has 0 amide bonds. The normalized spacial score (nSPS) is 19.0. The Hall–Kier alpha value is -1.33. The lowest BCUT2D eigenvalue weighted by Crippen LogP contribution is -2.35. The second-order valence-corrected chi connectivity index (χ2v) is 4.97. The van der Waals surface area contributed by atoms with E-state index in [-0.39, 0.29) is 5.97 Å².